The summed E-state index contributed by atoms with van der Waals surface area (Å²) in [5.41, 5.74) is 1.51. The van der Waals surface area contributed by atoms with Crippen molar-refractivity contribution >= 4 is 45.3 Å². The highest BCUT2D eigenvalue weighted by Gasteiger charge is 2.11. The van der Waals surface area contributed by atoms with Crippen molar-refractivity contribution in [2.45, 2.75) is 0 Å². The Kier molecular flexibility index (Phi) is 3.88. The third-order valence-electron chi connectivity index (χ3n) is 3.51. The summed E-state index contributed by atoms with van der Waals surface area (Å²) in [5.74, 6) is 1.01. The molecule has 2 aromatic heterocycles. The van der Waals surface area contributed by atoms with Gasteiger partial charge in [0.15, 0.2) is 5.82 Å². The molecule has 0 atom stereocenters. The maximum Gasteiger partial charge on any atom is 0.172 e. The average Bonchev–Trinajstić information content (AvgIpc) is 3.11. The van der Waals surface area contributed by atoms with Crippen LogP contribution in [-0.4, -0.2) is 9.97 Å². The standard InChI is InChI=1S/C18H11ClFN3S/c19-11-3-8-14-15(10-11)22-18(16-2-1-9-24-16)23-17(14)21-13-6-4-12(20)5-7-13/h1-10H,(H,21,22,23). The van der Waals surface area contributed by atoms with Crippen LogP contribution in [0, 0.1) is 5.82 Å². The number of hydrogen-bond acceptors (Lipinski definition) is 4. The summed E-state index contributed by atoms with van der Waals surface area (Å²) < 4.78 is 13.1. The lowest BCUT2D eigenvalue weighted by Gasteiger charge is -2.11. The second-order valence-corrected chi connectivity index (χ2v) is 6.55. The zero-order valence-corrected chi connectivity index (χ0v) is 13.9. The van der Waals surface area contributed by atoms with Crippen LogP contribution < -0.4 is 5.32 Å². The second-order valence-electron chi connectivity index (χ2n) is 5.17. The van der Waals surface area contributed by atoms with Crippen molar-refractivity contribution in [1.29, 1.82) is 0 Å². The SMILES string of the molecule is Fc1ccc(Nc2nc(-c3cccs3)nc3cc(Cl)ccc23)cc1. The van der Waals surface area contributed by atoms with E-state index in [9.17, 15) is 4.39 Å². The largest absolute Gasteiger partial charge is 0.340 e. The Balaban J connectivity index is 1.87. The summed E-state index contributed by atoms with van der Waals surface area (Å²) in [5, 5.41) is 6.69. The summed E-state index contributed by atoms with van der Waals surface area (Å²) in [4.78, 5) is 10.2. The van der Waals surface area contributed by atoms with E-state index < -0.39 is 0 Å². The van der Waals surface area contributed by atoms with E-state index in [-0.39, 0.29) is 5.82 Å². The molecule has 0 saturated heterocycles. The van der Waals surface area contributed by atoms with Crippen LogP contribution in [0.25, 0.3) is 21.6 Å². The highest BCUT2D eigenvalue weighted by atomic mass is 35.5. The molecule has 2 aromatic carbocycles. The van der Waals surface area contributed by atoms with E-state index in [2.05, 4.69) is 15.3 Å². The zero-order chi connectivity index (χ0) is 16.5. The average molecular weight is 356 g/mol. The van der Waals surface area contributed by atoms with Crippen LogP contribution in [0.1, 0.15) is 0 Å². The molecule has 0 fully saturated rings. The lowest BCUT2D eigenvalue weighted by atomic mass is 10.2. The molecular formula is C18H11ClFN3S. The van der Waals surface area contributed by atoms with Gasteiger partial charge in [-0.05, 0) is 53.9 Å². The van der Waals surface area contributed by atoms with Gasteiger partial charge >= 0.3 is 0 Å². The Bertz CT molecular complexity index is 1000. The molecule has 0 unspecified atom stereocenters. The fourth-order valence-electron chi connectivity index (χ4n) is 2.38. The molecule has 118 valence electrons. The second kappa shape index (κ2) is 6.19. The monoisotopic (exact) mass is 355 g/mol. The molecule has 0 aliphatic heterocycles. The van der Waals surface area contributed by atoms with Crippen molar-refractivity contribution in [3.63, 3.8) is 0 Å². The van der Waals surface area contributed by atoms with Gasteiger partial charge in [0.05, 0.1) is 10.4 Å². The van der Waals surface area contributed by atoms with Gasteiger partial charge in [-0.25, -0.2) is 14.4 Å². The predicted octanol–water partition coefficient (Wildman–Crippen LogP) is 5.89. The number of thiophene rings is 1. The summed E-state index contributed by atoms with van der Waals surface area (Å²) in [6, 6.07) is 15.6. The predicted molar refractivity (Wildman–Crippen MR) is 97.5 cm³/mol. The number of halogens is 2. The van der Waals surface area contributed by atoms with E-state index in [1.807, 2.05) is 29.6 Å². The molecule has 0 amide bonds. The summed E-state index contributed by atoms with van der Waals surface area (Å²) in [6.07, 6.45) is 0. The normalized spacial score (nSPS) is 10.9. The first-order valence-corrected chi connectivity index (χ1v) is 8.48. The number of nitrogens with zero attached hydrogens (tertiary/aromatic N) is 2. The lowest BCUT2D eigenvalue weighted by molar-refractivity contribution is 0.628. The number of benzene rings is 2. The quantitative estimate of drug-likeness (QED) is 0.497. The number of anilines is 2. The Morgan fingerprint density at radius 2 is 1.83 bits per heavy atom. The van der Waals surface area contributed by atoms with Gasteiger partial charge in [0, 0.05) is 16.1 Å². The Morgan fingerprint density at radius 1 is 1.00 bits per heavy atom. The smallest absolute Gasteiger partial charge is 0.172 e. The molecule has 6 heteroatoms. The van der Waals surface area contributed by atoms with E-state index in [0.29, 0.717) is 16.7 Å². The fraction of sp³-hybridized carbons (Fsp3) is 0. The van der Waals surface area contributed by atoms with Gasteiger partial charge < -0.3 is 5.32 Å². The topological polar surface area (TPSA) is 37.8 Å². The molecule has 1 N–H and O–H groups in total. The van der Waals surface area contributed by atoms with Gasteiger partial charge in [-0.1, -0.05) is 17.7 Å². The minimum Gasteiger partial charge on any atom is -0.340 e. The number of fused-ring (bicyclic) bond motifs is 1. The number of nitrogens with one attached hydrogen (secondary N) is 1. The van der Waals surface area contributed by atoms with Crippen LogP contribution in [0.3, 0.4) is 0 Å². The van der Waals surface area contributed by atoms with Crippen LogP contribution in [0.4, 0.5) is 15.9 Å². The summed E-state index contributed by atoms with van der Waals surface area (Å²) >= 11 is 7.68. The van der Waals surface area contributed by atoms with Crippen LogP contribution in [-0.2, 0) is 0 Å². The van der Waals surface area contributed by atoms with Crippen LogP contribution in [0.15, 0.2) is 60.0 Å². The minimum absolute atomic E-state index is 0.279. The van der Waals surface area contributed by atoms with Crippen LogP contribution in [0.2, 0.25) is 5.02 Å². The molecule has 0 saturated carbocycles. The van der Waals surface area contributed by atoms with Crippen molar-refractivity contribution in [1.82, 2.24) is 9.97 Å². The van der Waals surface area contributed by atoms with Crippen molar-refractivity contribution in [3.8, 4) is 10.7 Å². The third kappa shape index (κ3) is 2.96. The van der Waals surface area contributed by atoms with Crippen LogP contribution in [0.5, 0.6) is 0 Å². The molecule has 4 rings (SSSR count). The fourth-order valence-corrected chi connectivity index (χ4v) is 3.21. The molecule has 0 bridgehead atoms. The van der Waals surface area contributed by atoms with Crippen molar-refractivity contribution in [3.05, 3.63) is 70.8 Å². The highest BCUT2D eigenvalue weighted by Crippen LogP contribution is 2.30. The van der Waals surface area contributed by atoms with E-state index in [4.69, 9.17) is 11.6 Å². The zero-order valence-electron chi connectivity index (χ0n) is 12.3. The Morgan fingerprint density at radius 3 is 2.58 bits per heavy atom. The van der Waals surface area contributed by atoms with Crippen molar-refractivity contribution in [2.75, 3.05) is 5.32 Å². The molecule has 0 spiro atoms. The van der Waals surface area contributed by atoms with Gasteiger partial charge in [0.2, 0.25) is 0 Å². The number of aromatic nitrogens is 2. The Hall–Kier alpha value is -2.50. The van der Waals surface area contributed by atoms with Gasteiger partial charge in [-0.2, -0.15) is 0 Å². The first-order chi connectivity index (χ1) is 11.7. The van der Waals surface area contributed by atoms with Crippen molar-refractivity contribution < 1.29 is 4.39 Å². The number of rotatable bonds is 3. The van der Waals surface area contributed by atoms with Crippen molar-refractivity contribution in [2.24, 2.45) is 0 Å². The van der Waals surface area contributed by atoms with Gasteiger partial charge in [0.25, 0.3) is 0 Å². The summed E-state index contributed by atoms with van der Waals surface area (Å²) in [6.45, 7) is 0. The molecule has 2 heterocycles. The maximum absolute atomic E-state index is 13.1. The van der Waals surface area contributed by atoms with Gasteiger partial charge in [-0.3, -0.25) is 0 Å². The van der Waals surface area contributed by atoms with E-state index >= 15 is 0 Å². The maximum atomic E-state index is 13.1. The van der Waals surface area contributed by atoms with E-state index in [0.717, 1.165) is 21.5 Å². The van der Waals surface area contributed by atoms with E-state index in [1.54, 1.807) is 29.5 Å². The lowest BCUT2D eigenvalue weighted by Crippen LogP contribution is -1.99. The molecule has 0 radical (unpaired) electrons. The summed E-state index contributed by atoms with van der Waals surface area (Å²) in [7, 11) is 0. The van der Waals surface area contributed by atoms with Gasteiger partial charge in [-0.15, -0.1) is 11.3 Å². The molecule has 0 aliphatic rings. The number of hydrogen-bond donors (Lipinski definition) is 1. The van der Waals surface area contributed by atoms with Gasteiger partial charge in [0.1, 0.15) is 11.6 Å². The third-order valence-corrected chi connectivity index (χ3v) is 4.61. The first kappa shape index (κ1) is 15.1. The molecule has 24 heavy (non-hydrogen) atoms. The minimum atomic E-state index is -0.279. The molecular weight excluding hydrogens is 345 g/mol. The van der Waals surface area contributed by atoms with E-state index in [1.165, 1.54) is 12.1 Å². The highest BCUT2D eigenvalue weighted by molar-refractivity contribution is 7.13. The molecule has 4 aromatic rings. The molecule has 0 aliphatic carbocycles. The Labute approximate surface area is 146 Å². The molecule has 3 nitrogen and oxygen atoms in total. The van der Waals surface area contributed by atoms with Crippen LogP contribution >= 0.6 is 22.9 Å². The first-order valence-electron chi connectivity index (χ1n) is 7.23.